The van der Waals surface area contributed by atoms with E-state index in [1.54, 1.807) is 0 Å². The number of carbonyl (C=O) groups excluding carboxylic acids is 1. The Kier molecular flexibility index (Phi) is 5.99. The van der Waals surface area contributed by atoms with Gasteiger partial charge >= 0.3 is 0 Å². The molecule has 0 aromatic heterocycles. The van der Waals surface area contributed by atoms with Crippen LogP contribution in [-0.2, 0) is 4.79 Å². The number of hydrogen-bond acceptors (Lipinski definition) is 2. The van der Waals surface area contributed by atoms with Crippen LogP contribution in [0.1, 0.15) is 105 Å². The Labute approximate surface area is 179 Å². The summed E-state index contributed by atoms with van der Waals surface area (Å²) in [6, 6.07) is 0. The molecule has 9 atom stereocenters. The highest BCUT2D eigenvalue weighted by Gasteiger charge is 2.62. The first-order valence-corrected chi connectivity index (χ1v) is 12.9. The van der Waals surface area contributed by atoms with Crippen molar-refractivity contribution in [1.29, 1.82) is 0 Å². The van der Waals surface area contributed by atoms with E-state index in [-0.39, 0.29) is 6.10 Å². The normalized spacial score (nSPS) is 48.2. The molecule has 4 saturated carbocycles. The van der Waals surface area contributed by atoms with Crippen molar-refractivity contribution in [2.45, 2.75) is 111 Å². The molecular weight excluding hydrogens is 356 g/mol. The van der Waals surface area contributed by atoms with Gasteiger partial charge in [-0.05, 0) is 90.8 Å². The molecule has 1 unspecified atom stereocenters. The fraction of sp³-hybridized carbons (Fsp3) is 0.963. The van der Waals surface area contributed by atoms with Gasteiger partial charge in [0.2, 0.25) is 0 Å². The van der Waals surface area contributed by atoms with Crippen LogP contribution >= 0.6 is 0 Å². The van der Waals surface area contributed by atoms with Crippen LogP contribution in [0, 0.1) is 52.3 Å². The molecule has 166 valence electrons. The molecule has 0 heterocycles. The summed E-state index contributed by atoms with van der Waals surface area (Å²) in [7, 11) is 0. The second-order valence-corrected chi connectivity index (χ2v) is 12.6. The number of carbonyl (C=O) groups is 1. The molecule has 2 nitrogen and oxygen atoms in total. The van der Waals surface area contributed by atoms with Gasteiger partial charge in [-0.2, -0.15) is 0 Å². The van der Waals surface area contributed by atoms with E-state index in [2.05, 4.69) is 34.6 Å². The zero-order valence-corrected chi connectivity index (χ0v) is 19.8. The smallest absolute Gasteiger partial charge is 0.133 e. The fourth-order valence-corrected chi connectivity index (χ4v) is 9.04. The molecule has 4 fully saturated rings. The number of hydrogen-bond donors (Lipinski definition) is 1. The summed E-state index contributed by atoms with van der Waals surface area (Å²) in [4.78, 5) is 12.1. The monoisotopic (exact) mass is 402 g/mol. The lowest BCUT2D eigenvalue weighted by molar-refractivity contribution is -0.168. The summed E-state index contributed by atoms with van der Waals surface area (Å²) >= 11 is 0. The average Bonchev–Trinajstić information content (AvgIpc) is 3.00. The van der Waals surface area contributed by atoms with Crippen molar-refractivity contribution >= 4 is 5.78 Å². The number of aliphatic hydroxyl groups is 1. The van der Waals surface area contributed by atoms with E-state index in [4.69, 9.17) is 0 Å². The Hall–Kier alpha value is -0.370. The molecule has 0 saturated heterocycles. The molecule has 4 rings (SSSR count). The van der Waals surface area contributed by atoms with Crippen molar-refractivity contribution in [2.75, 3.05) is 0 Å². The van der Waals surface area contributed by atoms with E-state index < -0.39 is 0 Å². The predicted molar refractivity (Wildman–Crippen MR) is 119 cm³/mol. The first-order valence-electron chi connectivity index (χ1n) is 12.9. The molecule has 0 aliphatic heterocycles. The Bertz CT molecular complexity index is 612. The van der Waals surface area contributed by atoms with Gasteiger partial charge in [0, 0.05) is 12.8 Å². The molecule has 0 amide bonds. The summed E-state index contributed by atoms with van der Waals surface area (Å²) < 4.78 is 0. The molecule has 0 spiro atoms. The summed E-state index contributed by atoms with van der Waals surface area (Å²) in [6.07, 6.45) is 12.7. The maximum Gasteiger partial charge on any atom is 0.133 e. The van der Waals surface area contributed by atoms with E-state index in [0.717, 1.165) is 43.4 Å². The molecule has 2 heteroatoms. The standard InChI is InChI=1S/C27H46O2/c1-17(2)7-6-8-18(3)21-9-10-22-25-23(12-14-27(21,22)5)26(4)13-11-20(28)15-19(26)16-24(25)29/h17-19,21-25,29H,6-16H2,1-5H3/t18-,19?,21-,22+,23+,24+,25+,26+,27-/m1/s1. The van der Waals surface area contributed by atoms with Crippen LogP contribution < -0.4 is 0 Å². The van der Waals surface area contributed by atoms with E-state index in [1.165, 1.54) is 44.9 Å². The summed E-state index contributed by atoms with van der Waals surface area (Å²) in [6.45, 7) is 12.3. The molecule has 0 bridgehead atoms. The molecule has 4 aliphatic carbocycles. The molecule has 0 radical (unpaired) electrons. The molecule has 0 aromatic rings. The molecule has 29 heavy (non-hydrogen) atoms. The third kappa shape index (κ3) is 3.64. The minimum Gasteiger partial charge on any atom is -0.393 e. The van der Waals surface area contributed by atoms with Crippen LogP contribution in [-0.4, -0.2) is 17.0 Å². The molecular formula is C27H46O2. The molecule has 1 N–H and O–H groups in total. The van der Waals surface area contributed by atoms with E-state index in [9.17, 15) is 9.90 Å². The SMILES string of the molecule is CC(C)CCC[C@@H](C)[C@H]1CC[C@H]2[C@@H]3[C@@H](O)CC4CC(=O)CC[C@]4(C)[C@H]3CC[C@]12C. The number of rotatable bonds is 5. The van der Waals surface area contributed by atoms with Gasteiger partial charge in [0.25, 0.3) is 0 Å². The minimum absolute atomic E-state index is 0.177. The fourth-order valence-electron chi connectivity index (χ4n) is 9.04. The second kappa shape index (κ2) is 7.95. The Balaban J connectivity index is 1.51. The lowest BCUT2D eigenvalue weighted by Gasteiger charge is -2.62. The summed E-state index contributed by atoms with van der Waals surface area (Å²) in [5.41, 5.74) is 0.715. The number of Topliss-reactive ketones (excluding diaryl/α,β-unsaturated/α-hetero) is 1. The van der Waals surface area contributed by atoms with Crippen molar-refractivity contribution in [1.82, 2.24) is 0 Å². The summed E-state index contributed by atoms with van der Waals surface area (Å²) in [5, 5.41) is 11.3. The van der Waals surface area contributed by atoms with Gasteiger partial charge in [0.15, 0.2) is 0 Å². The van der Waals surface area contributed by atoms with Gasteiger partial charge in [0.1, 0.15) is 5.78 Å². The van der Waals surface area contributed by atoms with Crippen molar-refractivity contribution in [3.05, 3.63) is 0 Å². The van der Waals surface area contributed by atoms with Gasteiger partial charge in [0.05, 0.1) is 6.10 Å². The third-order valence-electron chi connectivity index (χ3n) is 10.7. The van der Waals surface area contributed by atoms with Gasteiger partial charge in [-0.3, -0.25) is 4.79 Å². The highest BCUT2D eigenvalue weighted by molar-refractivity contribution is 5.79. The third-order valence-corrected chi connectivity index (χ3v) is 10.7. The lowest BCUT2D eigenvalue weighted by Crippen LogP contribution is -2.58. The first-order chi connectivity index (χ1) is 13.7. The first kappa shape index (κ1) is 21.8. The Morgan fingerprint density at radius 2 is 1.72 bits per heavy atom. The van der Waals surface area contributed by atoms with Crippen LogP contribution in [0.4, 0.5) is 0 Å². The maximum atomic E-state index is 12.1. The van der Waals surface area contributed by atoms with Crippen molar-refractivity contribution in [3.63, 3.8) is 0 Å². The average molecular weight is 403 g/mol. The van der Waals surface area contributed by atoms with Gasteiger partial charge in [-0.1, -0.05) is 53.9 Å². The van der Waals surface area contributed by atoms with Crippen LogP contribution in [0.15, 0.2) is 0 Å². The predicted octanol–water partition coefficient (Wildman–Crippen LogP) is 6.65. The van der Waals surface area contributed by atoms with Crippen LogP contribution in [0.3, 0.4) is 0 Å². The van der Waals surface area contributed by atoms with E-state index >= 15 is 0 Å². The number of aliphatic hydroxyl groups excluding tert-OH is 1. The Morgan fingerprint density at radius 1 is 1.00 bits per heavy atom. The van der Waals surface area contributed by atoms with E-state index in [0.29, 0.717) is 40.3 Å². The van der Waals surface area contributed by atoms with E-state index in [1.807, 2.05) is 0 Å². The second-order valence-electron chi connectivity index (χ2n) is 12.6. The largest absolute Gasteiger partial charge is 0.393 e. The zero-order valence-electron chi connectivity index (χ0n) is 19.8. The van der Waals surface area contributed by atoms with Gasteiger partial charge < -0.3 is 5.11 Å². The highest BCUT2D eigenvalue weighted by Crippen LogP contribution is 2.68. The van der Waals surface area contributed by atoms with Crippen LogP contribution in [0.25, 0.3) is 0 Å². The number of fused-ring (bicyclic) bond motifs is 5. The van der Waals surface area contributed by atoms with Crippen molar-refractivity contribution < 1.29 is 9.90 Å². The van der Waals surface area contributed by atoms with Gasteiger partial charge in [-0.15, -0.1) is 0 Å². The van der Waals surface area contributed by atoms with Crippen molar-refractivity contribution in [2.24, 2.45) is 52.3 Å². The van der Waals surface area contributed by atoms with Crippen LogP contribution in [0.2, 0.25) is 0 Å². The van der Waals surface area contributed by atoms with Crippen LogP contribution in [0.5, 0.6) is 0 Å². The molecule has 0 aromatic carbocycles. The van der Waals surface area contributed by atoms with Gasteiger partial charge in [-0.25, -0.2) is 0 Å². The zero-order chi connectivity index (χ0) is 21.0. The Morgan fingerprint density at radius 3 is 2.45 bits per heavy atom. The quantitative estimate of drug-likeness (QED) is 0.559. The maximum absolute atomic E-state index is 12.1. The topological polar surface area (TPSA) is 37.3 Å². The lowest BCUT2D eigenvalue weighted by atomic mass is 9.44. The number of ketones is 1. The molecule has 4 aliphatic rings. The van der Waals surface area contributed by atoms with Crippen molar-refractivity contribution in [3.8, 4) is 0 Å². The highest BCUT2D eigenvalue weighted by atomic mass is 16.3. The summed E-state index contributed by atoms with van der Waals surface area (Å²) in [5.74, 6) is 5.16. The minimum atomic E-state index is -0.177.